The number of nitrogens with one attached hydrogen (secondary N) is 1. The lowest BCUT2D eigenvalue weighted by atomic mass is 10.1. The zero-order valence-corrected chi connectivity index (χ0v) is 16.1. The lowest BCUT2D eigenvalue weighted by Crippen LogP contribution is -2.27. The Morgan fingerprint density at radius 2 is 1.72 bits per heavy atom. The molecule has 0 amide bonds. The summed E-state index contributed by atoms with van der Waals surface area (Å²) in [6.45, 7) is -0.0880. The van der Waals surface area contributed by atoms with Crippen molar-refractivity contribution in [3.05, 3.63) is 70.7 Å². The number of benzene rings is 2. The van der Waals surface area contributed by atoms with E-state index in [-0.39, 0.29) is 13.0 Å². The molecule has 0 aliphatic rings. The molecule has 4 nitrogen and oxygen atoms in total. The van der Waals surface area contributed by atoms with Crippen LogP contribution in [-0.2, 0) is 22.6 Å². The van der Waals surface area contributed by atoms with Crippen LogP contribution in [0.3, 0.4) is 0 Å². The minimum atomic E-state index is -4.42. The van der Waals surface area contributed by atoms with Crippen molar-refractivity contribution in [1.29, 1.82) is 0 Å². The van der Waals surface area contributed by atoms with Gasteiger partial charge in [0.2, 0.25) is 10.0 Å². The Hall–Kier alpha value is -2.37. The van der Waals surface area contributed by atoms with Crippen molar-refractivity contribution < 1.29 is 30.4 Å². The first kappa shape index (κ1) is 21.3. The molecule has 0 saturated carbocycles. The van der Waals surface area contributed by atoms with Crippen LogP contribution < -0.4 is 4.72 Å². The Morgan fingerprint density at radius 3 is 2.34 bits per heavy atom. The third-order valence-electron chi connectivity index (χ3n) is 3.87. The fourth-order valence-corrected chi connectivity index (χ4v) is 4.39. The van der Waals surface area contributed by atoms with E-state index in [1.807, 2.05) is 0 Å². The Kier molecular flexibility index (Phi) is 6.01. The molecule has 0 fully saturated rings. The Bertz CT molecular complexity index is 1110. The lowest BCUT2D eigenvalue weighted by Gasteiger charge is -2.07. The second-order valence-electron chi connectivity index (χ2n) is 5.94. The van der Waals surface area contributed by atoms with Crippen LogP contribution in [0, 0.1) is 11.6 Å². The molecule has 1 aromatic heterocycles. The van der Waals surface area contributed by atoms with Gasteiger partial charge in [-0.1, -0.05) is 12.1 Å². The molecule has 1 N–H and O–H groups in total. The van der Waals surface area contributed by atoms with E-state index in [2.05, 4.69) is 9.71 Å². The monoisotopic (exact) mass is 448 g/mol. The van der Waals surface area contributed by atoms with Crippen molar-refractivity contribution >= 4 is 21.4 Å². The van der Waals surface area contributed by atoms with Crippen LogP contribution in [0.2, 0.25) is 0 Å². The molecule has 0 aliphatic heterocycles. The molecule has 0 atom stereocenters. The molecule has 0 aliphatic carbocycles. The van der Waals surface area contributed by atoms with E-state index in [0.717, 1.165) is 24.3 Å². The normalized spacial score (nSPS) is 12.3. The summed E-state index contributed by atoms with van der Waals surface area (Å²) in [7, 11) is -4.16. The van der Waals surface area contributed by atoms with Crippen LogP contribution in [0.15, 0.2) is 52.7 Å². The van der Waals surface area contributed by atoms with Crippen molar-refractivity contribution in [2.45, 2.75) is 17.5 Å². The molecular formula is C18H13F5N2O2S2. The molecule has 0 radical (unpaired) electrons. The van der Waals surface area contributed by atoms with Gasteiger partial charge in [0.15, 0.2) is 0 Å². The molecule has 0 saturated heterocycles. The van der Waals surface area contributed by atoms with Crippen molar-refractivity contribution in [2.75, 3.05) is 6.54 Å². The molecule has 3 aromatic rings. The average molecular weight is 448 g/mol. The summed E-state index contributed by atoms with van der Waals surface area (Å²) in [5, 5.41) is 2.14. The van der Waals surface area contributed by atoms with Gasteiger partial charge < -0.3 is 0 Å². The molecule has 0 spiro atoms. The van der Waals surface area contributed by atoms with Gasteiger partial charge in [0.05, 0.1) is 11.3 Å². The van der Waals surface area contributed by atoms with Crippen molar-refractivity contribution in [1.82, 2.24) is 9.71 Å². The smallest absolute Gasteiger partial charge is 0.241 e. The highest BCUT2D eigenvalue weighted by atomic mass is 32.2. The summed E-state index contributed by atoms with van der Waals surface area (Å²) in [4.78, 5) is 3.61. The predicted molar refractivity (Wildman–Crippen MR) is 97.8 cm³/mol. The molecule has 11 heteroatoms. The number of thiazole rings is 1. The standard InChI is InChI=1S/C18H13F5N2O2S2/c19-13-5-6-16(15(20)9-13)29(26,27)24-8-7-14-10-28-17(25-14)11-1-3-12(4-2-11)18(21,22)23/h1-6,9-10,24H,7-8H2. The number of halogens is 5. The fourth-order valence-electron chi connectivity index (χ4n) is 2.44. The van der Waals surface area contributed by atoms with Crippen LogP contribution in [0.1, 0.15) is 11.3 Å². The quantitative estimate of drug-likeness (QED) is 0.560. The van der Waals surface area contributed by atoms with Crippen molar-refractivity contribution in [3.8, 4) is 10.6 Å². The van der Waals surface area contributed by atoms with Gasteiger partial charge in [-0.25, -0.2) is 26.9 Å². The topological polar surface area (TPSA) is 59.1 Å². The fraction of sp³-hybridized carbons (Fsp3) is 0.167. The maximum atomic E-state index is 13.6. The van der Waals surface area contributed by atoms with Gasteiger partial charge in [-0.05, 0) is 24.3 Å². The van der Waals surface area contributed by atoms with E-state index in [1.54, 1.807) is 5.38 Å². The van der Waals surface area contributed by atoms with Gasteiger partial charge in [0, 0.05) is 30.0 Å². The van der Waals surface area contributed by atoms with Gasteiger partial charge in [-0.2, -0.15) is 13.2 Å². The Balaban J connectivity index is 1.63. The highest BCUT2D eigenvalue weighted by Gasteiger charge is 2.30. The predicted octanol–water partition coefficient (Wildman–Crippen LogP) is 4.63. The largest absolute Gasteiger partial charge is 0.416 e. The highest BCUT2D eigenvalue weighted by Crippen LogP contribution is 2.31. The summed E-state index contributed by atoms with van der Waals surface area (Å²) >= 11 is 1.20. The van der Waals surface area contributed by atoms with E-state index < -0.39 is 38.3 Å². The van der Waals surface area contributed by atoms with E-state index in [9.17, 15) is 30.4 Å². The summed E-state index contributed by atoms with van der Waals surface area (Å²) in [6, 6.07) is 6.69. The molecule has 0 unspecified atom stereocenters. The molecule has 1 heterocycles. The van der Waals surface area contributed by atoms with Gasteiger partial charge >= 0.3 is 6.18 Å². The van der Waals surface area contributed by atoms with E-state index in [0.29, 0.717) is 22.3 Å². The maximum Gasteiger partial charge on any atom is 0.416 e. The van der Waals surface area contributed by atoms with Gasteiger partial charge in [0.25, 0.3) is 0 Å². The molecule has 2 aromatic carbocycles. The van der Waals surface area contributed by atoms with E-state index in [4.69, 9.17) is 0 Å². The number of sulfonamides is 1. The van der Waals surface area contributed by atoms with Gasteiger partial charge in [-0.15, -0.1) is 11.3 Å². The molecule has 0 bridgehead atoms. The molecular weight excluding hydrogens is 435 g/mol. The Morgan fingerprint density at radius 1 is 1.03 bits per heavy atom. The number of nitrogens with zero attached hydrogens (tertiary/aromatic N) is 1. The summed E-state index contributed by atoms with van der Waals surface area (Å²) in [5.41, 5.74) is 0.260. The van der Waals surface area contributed by atoms with Gasteiger partial charge in [-0.3, -0.25) is 0 Å². The minimum absolute atomic E-state index is 0.0880. The zero-order valence-electron chi connectivity index (χ0n) is 14.5. The van der Waals surface area contributed by atoms with Crippen LogP contribution >= 0.6 is 11.3 Å². The second-order valence-corrected chi connectivity index (χ2v) is 8.54. The maximum absolute atomic E-state index is 13.6. The first-order chi connectivity index (χ1) is 13.6. The second kappa shape index (κ2) is 8.17. The molecule has 29 heavy (non-hydrogen) atoms. The highest BCUT2D eigenvalue weighted by molar-refractivity contribution is 7.89. The third-order valence-corrected chi connectivity index (χ3v) is 6.30. The number of hydrogen-bond donors (Lipinski definition) is 1. The number of hydrogen-bond acceptors (Lipinski definition) is 4. The first-order valence-electron chi connectivity index (χ1n) is 8.13. The number of alkyl halides is 3. The number of aromatic nitrogens is 1. The molecule has 3 rings (SSSR count). The van der Waals surface area contributed by atoms with E-state index in [1.165, 1.54) is 23.5 Å². The summed E-state index contributed by atoms with van der Waals surface area (Å²) in [6.07, 6.45) is -4.24. The molecule has 154 valence electrons. The van der Waals surface area contributed by atoms with Crippen LogP contribution in [-0.4, -0.2) is 19.9 Å². The average Bonchev–Trinajstić information content (AvgIpc) is 3.09. The summed E-state index contributed by atoms with van der Waals surface area (Å²) < 4.78 is 90.8. The van der Waals surface area contributed by atoms with Crippen LogP contribution in [0.4, 0.5) is 22.0 Å². The first-order valence-corrected chi connectivity index (χ1v) is 10.5. The number of rotatable bonds is 6. The van der Waals surface area contributed by atoms with Gasteiger partial charge in [0.1, 0.15) is 21.5 Å². The van der Waals surface area contributed by atoms with E-state index >= 15 is 0 Å². The van der Waals surface area contributed by atoms with Crippen molar-refractivity contribution in [2.24, 2.45) is 0 Å². The SMILES string of the molecule is O=S(=O)(NCCc1csc(-c2ccc(C(F)(F)F)cc2)n1)c1ccc(F)cc1F. The Labute approximate surface area is 167 Å². The minimum Gasteiger partial charge on any atom is -0.241 e. The zero-order chi connectivity index (χ0) is 21.2. The lowest BCUT2D eigenvalue weighted by molar-refractivity contribution is -0.137. The van der Waals surface area contributed by atoms with Crippen LogP contribution in [0.5, 0.6) is 0 Å². The van der Waals surface area contributed by atoms with Crippen LogP contribution in [0.25, 0.3) is 10.6 Å². The van der Waals surface area contributed by atoms with Crippen molar-refractivity contribution in [3.63, 3.8) is 0 Å². The third kappa shape index (κ3) is 5.17. The summed E-state index contributed by atoms with van der Waals surface area (Å²) in [5.74, 6) is -2.09.